The van der Waals surface area contributed by atoms with E-state index in [0.717, 1.165) is 25.2 Å². The molecule has 0 radical (unpaired) electrons. The van der Waals surface area contributed by atoms with Crippen molar-refractivity contribution in [1.29, 1.82) is 0 Å². The van der Waals surface area contributed by atoms with E-state index in [1.54, 1.807) is 18.3 Å². The van der Waals surface area contributed by atoms with E-state index < -0.39 is 0 Å². The first kappa shape index (κ1) is 14.2. The third kappa shape index (κ3) is 3.49. The Labute approximate surface area is 124 Å². The van der Waals surface area contributed by atoms with E-state index in [1.165, 1.54) is 25.0 Å². The Balaban J connectivity index is 1.66. The van der Waals surface area contributed by atoms with Crippen LogP contribution in [0.2, 0.25) is 0 Å². The van der Waals surface area contributed by atoms with Crippen LogP contribution in [0.3, 0.4) is 0 Å². The maximum absolute atomic E-state index is 12.9. The Bertz CT molecular complexity index is 581. The van der Waals surface area contributed by atoms with Crippen molar-refractivity contribution in [3.05, 3.63) is 42.2 Å². The predicted molar refractivity (Wildman–Crippen MR) is 79.3 cm³/mol. The molecule has 4 nitrogen and oxygen atoms in total. The van der Waals surface area contributed by atoms with Gasteiger partial charge in [0, 0.05) is 18.2 Å². The van der Waals surface area contributed by atoms with Crippen molar-refractivity contribution in [2.75, 3.05) is 20.1 Å². The molecule has 1 aliphatic heterocycles. The molecule has 1 atom stereocenters. The summed E-state index contributed by atoms with van der Waals surface area (Å²) in [6, 6.07) is 6.82. The first-order valence-corrected chi connectivity index (χ1v) is 7.35. The van der Waals surface area contributed by atoms with Crippen LogP contribution >= 0.6 is 0 Å². The van der Waals surface area contributed by atoms with Crippen LogP contribution in [0.1, 0.15) is 18.7 Å². The van der Waals surface area contributed by atoms with Crippen molar-refractivity contribution in [2.24, 2.45) is 0 Å². The van der Waals surface area contributed by atoms with Crippen molar-refractivity contribution in [1.82, 2.24) is 15.2 Å². The first-order chi connectivity index (χ1) is 10.2. The second kappa shape index (κ2) is 6.37. The van der Waals surface area contributed by atoms with Crippen molar-refractivity contribution >= 4 is 0 Å². The molecule has 1 aromatic heterocycles. The lowest BCUT2D eigenvalue weighted by Gasteiger charge is -2.31. The van der Waals surface area contributed by atoms with Gasteiger partial charge < -0.3 is 9.73 Å². The SMILES string of the molecule is CNC1CCCN(Cc2ncc(-c3ccc(F)cc3)o2)C1. The molecule has 1 N–H and O–H groups in total. The second-order valence-corrected chi connectivity index (χ2v) is 5.49. The molecule has 5 heteroatoms. The van der Waals surface area contributed by atoms with E-state index in [-0.39, 0.29) is 5.82 Å². The largest absolute Gasteiger partial charge is 0.439 e. The van der Waals surface area contributed by atoms with Gasteiger partial charge in [-0.15, -0.1) is 0 Å². The number of likely N-dealkylation sites (tertiary alicyclic amines) is 1. The normalized spacial score (nSPS) is 19.8. The number of aromatic nitrogens is 1. The van der Waals surface area contributed by atoms with Crippen LogP contribution in [0.25, 0.3) is 11.3 Å². The van der Waals surface area contributed by atoms with E-state index >= 15 is 0 Å². The average Bonchev–Trinajstić information content (AvgIpc) is 2.96. The maximum atomic E-state index is 12.9. The molecule has 0 aliphatic carbocycles. The van der Waals surface area contributed by atoms with Gasteiger partial charge in [-0.05, 0) is 50.7 Å². The van der Waals surface area contributed by atoms with E-state index in [0.29, 0.717) is 17.7 Å². The molecular weight excluding hydrogens is 269 g/mol. The van der Waals surface area contributed by atoms with Gasteiger partial charge >= 0.3 is 0 Å². The van der Waals surface area contributed by atoms with Gasteiger partial charge in [-0.25, -0.2) is 9.37 Å². The number of benzene rings is 1. The highest BCUT2D eigenvalue weighted by Gasteiger charge is 2.20. The molecular formula is C16H20FN3O. The molecule has 0 bridgehead atoms. The van der Waals surface area contributed by atoms with Crippen LogP contribution in [-0.4, -0.2) is 36.1 Å². The number of hydrogen-bond acceptors (Lipinski definition) is 4. The Morgan fingerprint density at radius 2 is 2.19 bits per heavy atom. The lowest BCUT2D eigenvalue weighted by molar-refractivity contribution is 0.173. The minimum atomic E-state index is -0.245. The van der Waals surface area contributed by atoms with E-state index in [1.807, 2.05) is 7.05 Å². The molecule has 2 heterocycles. The molecule has 1 aliphatic rings. The van der Waals surface area contributed by atoms with Crippen molar-refractivity contribution in [3.63, 3.8) is 0 Å². The number of nitrogens with one attached hydrogen (secondary N) is 1. The summed E-state index contributed by atoms with van der Waals surface area (Å²) in [5.41, 5.74) is 0.849. The van der Waals surface area contributed by atoms with Gasteiger partial charge in [0.05, 0.1) is 12.7 Å². The van der Waals surface area contributed by atoms with Crippen LogP contribution < -0.4 is 5.32 Å². The topological polar surface area (TPSA) is 41.3 Å². The summed E-state index contributed by atoms with van der Waals surface area (Å²) in [7, 11) is 2.01. The highest BCUT2D eigenvalue weighted by molar-refractivity contribution is 5.55. The van der Waals surface area contributed by atoms with E-state index in [2.05, 4.69) is 15.2 Å². The summed E-state index contributed by atoms with van der Waals surface area (Å²) in [5, 5.41) is 3.33. The minimum absolute atomic E-state index is 0.245. The predicted octanol–water partition coefficient (Wildman–Crippen LogP) is 2.66. The summed E-state index contributed by atoms with van der Waals surface area (Å²) in [6.07, 6.45) is 4.12. The monoisotopic (exact) mass is 289 g/mol. The highest BCUT2D eigenvalue weighted by atomic mass is 19.1. The summed E-state index contributed by atoms with van der Waals surface area (Å²) < 4.78 is 18.7. The van der Waals surface area contributed by atoms with E-state index in [9.17, 15) is 4.39 Å². The first-order valence-electron chi connectivity index (χ1n) is 7.35. The van der Waals surface area contributed by atoms with Crippen LogP contribution in [-0.2, 0) is 6.54 Å². The summed E-state index contributed by atoms with van der Waals surface area (Å²) in [6.45, 7) is 2.82. The number of oxazole rings is 1. The zero-order chi connectivity index (χ0) is 14.7. The maximum Gasteiger partial charge on any atom is 0.209 e. The summed E-state index contributed by atoms with van der Waals surface area (Å²) in [4.78, 5) is 6.69. The molecule has 21 heavy (non-hydrogen) atoms. The molecule has 1 aromatic carbocycles. The third-order valence-corrected chi connectivity index (χ3v) is 3.95. The van der Waals surface area contributed by atoms with Crippen LogP contribution in [0.5, 0.6) is 0 Å². The number of hydrogen-bond donors (Lipinski definition) is 1. The fourth-order valence-corrected chi connectivity index (χ4v) is 2.76. The molecule has 1 fully saturated rings. The Hall–Kier alpha value is -1.72. The zero-order valence-corrected chi connectivity index (χ0v) is 12.2. The van der Waals surface area contributed by atoms with Gasteiger partial charge in [-0.1, -0.05) is 0 Å². The van der Waals surface area contributed by atoms with Gasteiger partial charge in [0.1, 0.15) is 5.82 Å². The number of nitrogens with zero attached hydrogens (tertiary/aromatic N) is 2. The van der Waals surface area contributed by atoms with Crippen molar-refractivity contribution in [2.45, 2.75) is 25.4 Å². The number of rotatable bonds is 4. The lowest BCUT2D eigenvalue weighted by Crippen LogP contribution is -2.43. The average molecular weight is 289 g/mol. The Kier molecular flexibility index (Phi) is 4.31. The Morgan fingerprint density at radius 3 is 2.95 bits per heavy atom. The highest BCUT2D eigenvalue weighted by Crippen LogP contribution is 2.22. The van der Waals surface area contributed by atoms with E-state index in [4.69, 9.17) is 4.42 Å². The third-order valence-electron chi connectivity index (χ3n) is 3.95. The van der Waals surface area contributed by atoms with Gasteiger partial charge in [-0.3, -0.25) is 4.90 Å². The van der Waals surface area contributed by atoms with Crippen LogP contribution in [0, 0.1) is 5.82 Å². The zero-order valence-electron chi connectivity index (χ0n) is 12.2. The summed E-state index contributed by atoms with van der Waals surface area (Å²) >= 11 is 0. The number of piperidine rings is 1. The molecule has 2 aromatic rings. The van der Waals surface area contributed by atoms with Gasteiger partial charge in [-0.2, -0.15) is 0 Å². The fourth-order valence-electron chi connectivity index (χ4n) is 2.76. The lowest BCUT2D eigenvalue weighted by atomic mass is 10.1. The van der Waals surface area contributed by atoms with Crippen molar-refractivity contribution < 1.29 is 8.81 Å². The van der Waals surface area contributed by atoms with Gasteiger partial charge in [0.15, 0.2) is 5.76 Å². The molecule has 1 saturated heterocycles. The second-order valence-electron chi connectivity index (χ2n) is 5.49. The van der Waals surface area contributed by atoms with Gasteiger partial charge in [0.2, 0.25) is 5.89 Å². The standard InChI is InChI=1S/C16H20FN3O/c1-18-14-3-2-8-20(10-14)11-16-19-9-15(21-16)12-4-6-13(17)7-5-12/h4-7,9,14,18H,2-3,8,10-11H2,1H3. The Morgan fingerprint density at radius 1 is 1.38 bits per heavy atom. The van der Waals surface area contributed by atoms with Gasteiger partial charge in [0.25, 0.3) is 0 Å². The number of likely N-dealkylation sites (N-methyl/N-ethyl adjacent to an activating group) is 1. The van der Waals surface area contributed by atoms with Crippen LogP contribution in [0.15, 0.2) is 34.9 Å². The molecule has 1 unspecified atom stereocenters. The molecule has 3 rings (SSSR count). The summed E-state index contributed by atoms with van der Waals surface area (Å²) in [5.74, 6) is 1.16. The molecule has 0 amide bonds. The van der Waals surface area contributed by atoms with Crippen LogP contribution in [0.4, 0.5) is 4.39 Å². The quantitative estimate of drug-likeness (QED) is 0.939. The van der Waals surface area contributed by atoms with Crippen molar-refractivity contribution in [3.8, 4) is 11.3 Å². The molecule has 112 valence electrons. The molecule has 0 spiro atoms. The molecule has 0 saturated carbocycles. The smallest absolute Gasteiger partial charge is 0.209 e. The minimum Gasteiger partial charge on any atom is -0.439 e. The number of halogens is 1. The fraction of sp³-hybridized carbons (Fsp3) is 0.438.